The van der Waals surface area contributed by atoms with Crippen LogP contribution in [0.1, 0.15) is 50.0 Å². The van der Waals surface area contributed by atoms with Crippen LogP contribution in [-0.4, -0.2) is 30.2 Å². The summed E-state index contributed by atoms with van der Waals surface area (Å²) in [6, 6.07) is 13.9. The molecule has 0 fully saturated rings. The predicted molar refractivity (Wildman–Crippen MR) is 116 cm³/mol. The van der Waals surface area contributed by atoms with Gasteiger partial charge in [-0.25, -0.2) is 4.79 Å². The van der Waals surface area contributed by atoms with Crippen molar-refractivity contribution in [1.29, 1.82) is 0 Å². The monoisotopic (exact) mass is 412 g/mol. The van der Waals surface area contributed by atoms with Crippen molar-refractivity contribution in [3.8, 4) is 0 Å². The molecule has 0 bridgehead atoms. The lowest BCUT2D eigenvalue weighted by Gasteiger charge is -2.20. The number of para-hydroxylation sites is 2. The average Bonchev–Trinajstić information content (AvgIpc) is 2.67. The molecule has 0 saturated heterocycles. The predicted octanol–water partition coefficient (Wildman–Crippen LogP) is 4.78. The first-order valence-electron chi connectivity index (χ1n) is 9.83. The molecule has 2 N–H and O–H groups in total. The Morgan fingerprint density at radius 2 is 1.50 bits per heavy atom. The minimum atomic E-state index is -0.628. The summed E-state index contributed by atoms with van der Waals surface area (Å²) in [5, 5.41) is 5.45. The van der Waals surface area contributed by atoms with Gasteiger partial charge in [0.15, 0.2) is 0 Å². The molecule has 2 rings (SSSR count). The van der Waals surface area contributed by atoms with E-state index in [1.54, 1.807) is 76.2 Å². The summed E-state index contributed by atoms with van der Waals surface area (Å²) in [6.07, 6.45) is 0.238. The lowest BCUT2D eigenvalue weighted by atomic mass is 10.1. The van der Waals surface area contributed by atoms with Crippen LogP contribution in [0.15, 0.2) is 48.5 Å². The van der Waals surface area contributed by atoms with E-state index in [4.69, 9.17) is 9.47 Å². The molecule has 160 valence electrons. The van der Waals surface area contributed by atoms with Gasteiger partial charge < -0.3 is 14.8 Å². The van der Waals surface area contributed by atoms with Crippen molar-refractivity contribution in [1.82, 2.24) is 0 Å². The number of ether oxygens (including phenoxy) is 2. The van der Waals surface area contributed by atoms with E-state index in [0.29, 0.717) is 36.4 Å². The lowest BCUT2D eigenvalue weighted by Crippen LogP contribution is -2.27. The first kappa shape index (κ1) is 22.9. The molecule has 2 amide bonds. The zero-order valence-electron chi connectivity index (χ0n) is 17.8. The Kier molecular flexibility index (Phi) is 7.98. The molecule has 0 unspecified atom stereocenters. The van der Waals surface area contributed by atoms with Crippen LogP contribution in [0.2, 0.25) is 0 Å². The number of nitrogens with one attached hydrogen (secondary N) is 2. The Morgan fingerprint density at radius 1 is 0.900 bits per heavy atom. The molecule has 2 aromatic carbocycles. The SMILES string of the molecule is CCOC(=O)CCc1ccc(C(=O)Nc2ccccc2NC(=O)OC(C)(C)C)cc1. The fourth-order valence-electron chi connectivity index (χ4n) is 2.61. The Labute approximate surface area is 176 Å². The number of esters is 1. The van der Waals surface area contributed by atoms with Crippen molar-refractivity contribution in [3.63, 3.8) is 0 Å². The van der Waals surface area contributed by atoms with Gasteiger partial charge in [-0.05, 0) is 63.9 Å². The number of aryl methyl sites for hydroxylation is 1. The largest absolute Gasteiger partial charge is 0.466 e. The number of hydrogen-bond donors (Lipinski definition) is 2. The molecule has 0 spiro atoms. The third-order valence-electron chi connectivity index (χ3n) is 3.95. The van der Waals surface area contributed by atoms with Gasteiger partial charge in [-0.1, -0.05) is 24.3 Å². The zero-order chi connectivity index (χ0) is 22.1. The molecular formula is C23H28N2O5. The van der Waals surface area contributed by atoms with Crippen molar-refractivity contribution in [2.75, 3.05) is 17.2 Å². The normalized spacial score (nSPS) is 10.8. The van der Waals surface area contributed by atoms with Gasteiger partial charge in [-0.3, -0.25) is 14.9 Å². The van der Waals surface area contributed by atoms with Crippen LogP contribution in [-0.2, 0) is 20.7 Å². The van der Waals surface area contributed by atoms with Crippen molar-refractivity contribution >= 4 is 29.3 Å². The number of anilines is 2. The fraction of sp³-hybridized carbons (Fsp3) is 0.348. The molecule has 7 nitrogen and oxygen atoms in total. The molecule has 30 heavy (non-hydrogen) atoms. The lowest BCUT2D eigenvalue weighted by molar-refractivity contribution is -0.143. The van der Waals surface area contributed by atoms with Crippen LogP contribution in [0.3, 0.4) is 0 Å². The first-order chi connectivity index (χ1) is 14.2. The molecule has 0 atom stereocenters. The number of hydrogen-bond acceptors (Lipinski definition) is 5. The smallest absolute Gasteiger partial charge is 0.412 e. The van der Waals surface area contributed by atoms with E-state index in [0.717, 1.165) is 5.56 Å². The first-order valence-corrected chi connectivity index (χ1v) is 9.83. The van der Waals surface area contributed by atoms with Crippen LogP contribution >= 0.6 is 0 Å². The van der Waals surface area contributed by atoms with Crippen molar-refractivity contribution in [3.05, 3.63) is 59.7 Å². The molecule has 0 aliphatic heterocycles. The molecule has 2 aromatic rings. The average molecular weight is 412 g/mol. The molecule has 0 aliphatic carbocycles. The third-order valence-corrected chi connectivity index (χ3v) is 3.95. The van der Waals surface area contributed by atoms with Crippen LogP contribution in [0.5, 0.6) is 0 Å². The Bertz CT molecular complexity index is 885. The van der Waals surface area contributed by atoms with E-state index in [1.165, 1.54) is 0 Å². The van der Waals surface area contributed by atoms with Crippen molar-refractivity contribution in [2.24, 2.45) is 0 Å². The highest BCUT2D eigenvalue weighted by atomic mass is 16.6. The van der Waals surface area contributed by atoms with Gasteiger partial charge in [0.25, 0.3) is 5.91 Å². The Hall–Kier alpha value is -3.35. The summed E-state index contributed by atoms with van der Waals surface area (Å²) < 4.78 is 10.2. The van der Waals surface area contributed by atoms with Crippen LogP contribution in [0.4, 0.5) is 16.2 Å². The molecule has 0 radical (unpaired) electrons. The number of carbonyl (C=O) groups excluding carboxylic acids is 3. The molecule has 0 aromatic heterocycles. The number of carbonyl (C=O) groups is 3. The van der Waals surface area contributed by atoms with Gasteiger partial charge in [0.2, 0.25) is 0 Å². The Balaban J connectivity index is 2.01. The van der Waals surface area contributed by atoms with Gasteiger partial charge in [0.05, 0.1) is 18.0 Å². The highest BCUT2D eigenvalue weighted by Crippen LogP contribution is 2.23. The highest BCUT2D eigenvalue weighted by Gasteiger charge is 2.18. The summed E-state index contributed by atoms with van der Waals surface area (Å²) in [6.45, 7) is 7.46. The minimum absolute atomic E-state index is 0.242. The number of amides is 2. The van der Waals surface area contributed by atoms with E-state index in [-0.39, 0.29) is 11.9 Å². The standard InChI is InChI=1S/C23H28N2O5/c1-5-29-20(26)15-12-16-10-13-17(14-11-16)21(27)24-18-8-6-7-9-19(18)25-22(28)30-23(2,3)4/h6-11,13-14H,5,12,15H2,1-4H3,(H,24,27)(H,25,28). The van der Waals surface area contributed by atoms with Crippen LogP contribution in [0, 0.1) is 0 Å². The van der Waals surface area contributed by atoms with Gasteiger partial charge in [0, 0.05) is 12.0 Å². The molecule has 7 heteroatoms. The maximum atomic E-state index is 12.6. The van der Waals surface area contributed by atoms with E-state index >= 15 is 0 Å². The van der Waals surface area contributed by atoms with Crippen LogP contribution in [0.25, 0.3) is 0 Å². The molecular weight excluding hydrogens is 384 g/mol. The summed E-state index contributed by atoms with van der Waals surface area (Å²) in [4.78, 5) is 36.1. The zero-order valence-corrected chi connectivity index (χ0v) is 17.8. The molecule has 0 saturated carbocycles. The van der Waals surface area contributed by atoms with E-state index in [9.17, 15) is 14.4 Å². The van der Waals surface area contributed by atoms with Crippen LogP contribution < -0.4 is 10.6 Å². The minimum Gasteiger partial charge on any atom is -0.466 e. The Morgan fingerprint density at radius 3 is 2.07 bits per heavy atom. The van der Waals surface area contributed by atoms with E-state index < -0.39 is 11.7 Å². The quantitative estimate of drug-likeness (QED) is 0.638. The molecule has 0 aliphatic rings. The number of benzene rings is 2. The second-order valence-corrected chi connectivity index (χ2v) is 7.63. The second-order valence-electron chi connectivity index (χ2n) is 7.63. The fourth-order valence-corrected chi connectivity index (χ4v) is 2.61. The van der Waals surface area contributed by atoms with Gasteiger partial charge in [0.1, 0.15) is 5.60 Å². The summed E-state index contributed by atoms with van der Waals surface area (Å²) in [7, 11) is 0. The summed E-state index contributed by atoms with van der Waals surface area (Å²) in [5.41, 5.74) is 1.66. The topological polar surface area (TPSA) is 93.7 Å². The number of rotatable bonds is 7. The van der Waals surface area contributed by atoms with Crippen molar-refractivity contribution in [2.45, 2.75) is 46.1 Å². The van der Waals surface area contributed by atoms with Gasteiger partial charge in [-0.2, -0.15) is 0 Å². The molecule has 0 heterocycles. The maximum absolute atomic E-state index is 12.6. The summed E-state index contributed by atoms with van der Waals surface area (Å²) in [5.74, 6) is -0.557. The van der Waals surface area contributed by atoms with E-state index in [1.807, 2.05) is 0 Å². The van der Waals surface area contributed by atoms with Gasteiger partial charge >= 0.3 is 12.1 Å². The van der Waals surface area contributed by atoms with Gasteiger partial charge in [-0.15, -0.1) is 0 Å². The highest BCUT2D eigenvalue weighted by molar-refractivity contribution is 6.06. The van der Waals surface area contributed by atoms with E-state index in [2.05, 4.69) is 10.6 Å². The third kappa shape index (κ3) is 7.58. The summed E-state index contributed by atoms with van der Waals surface area (Å²) >= 11 is 0. The van der Waals surface area contributed by atoms with Crippen molar-refractivity contribution < 1.29 is 23.9 Å². The second kappa shape index (κ2) is 10.4. The maximum Gasteiger partial charge on any atom is 0.412 e.